The number of aromatic nitrogens is 2. The average Bonchev–Trinajstić information content (AvgIpc) is 2.02. The van der Waals surface area contributed by atoms with E-state index in [1.54, 1.807) is 19.9 Å². The number of hydrogen-bond acceptors (Lipinski definition) is 4. The molecule has 1 rings (SSSR count). The summed E-state index contributed by atoms with van der Waals surface area (Å²) in [6.45, 7) is 6.64. The van der Waals surface area contributed by atoms with Gasteiger partial charge in [0, 0.05) is 16.8 Å². The summed E-state index contributed by atoms with van der Waals surface area (Å²) in [7, 11) is -3.50. The summed E-state index contributed by atoms with van der Waals surface area (Å²) in [5.74, 6) is 0. The third kappa shape index (κ3) is 2.12. The van der Waals surface area contributed by atoms with Crippen LogP contribution >= 0.6 is 0 Å². The molecule has 0 unspecified atom stereocenters. The van der Waals surface area contributed by atoms with Gasteiger partial charge in [-0.1, -0.05) is 6.58 Å². The second-order valence-corrected chi connectivity index (χ2v) is 4.43. The van der Waals surface area contributed by atoms with E-state index in [-0.39, 0.29) is 5.16 Å². The lowest BCUT2D eigenvalue weighted by Gasteiger charge is -1.99. The van der Waals surface area contributed by atoms with Crippen LogP contribution in [-0.4, -0.2) is 18.4 Å². The summed E-state index contributed by atoms with van der Waals surface area (Å²) in [5, 5.41) is 0.668. The summed E-state index contributed by atoms with van der Waals surface area (Å²) in [5.41, 5.74) is 1.26. The van der Waals surface area contributed by atoms with Gasteiger partial charge in [-0.05, 0) is 19.9 Å². The van der Waals surface area contributed by atoms with Crippen LogP contribution < -0.4 is 0 Å². The Bertz CT molecular complexity index is 417. The Balaban J connectivity index is 3.40. The van der Waals surface area contributed by atoms with Crippen LogP contribution in [0.5, 0.6) is 0 Å². The zero-order chi connectivity index (χ0) is 10.1. The van der Waals surface area contributed by atoms with Gasteiger partial charge < -0.3 is 0 Å². The number of hydrogen-bond donors (Lipinski definition) is 0. The van der Waals surface area contributed by atoms with Gasteiger partial charge in [-0.3, -0.25) is 0 Å². The van der Waals surface area contributed by atoms with Gasteiger partial charge in [-0.25, -0.2) is 18.4 Å². The second-order valence-electron chi connectivity index (χ2n) is 2.64. The molecule has 0 radical (unpaired) electrons. The predicted molar refractivity (Wildman–Crippen MR) is 48.9 cm³/mol. The first-order valence-corrected chi connectivity index (χ1v) is 5.20. The molecular weight excluding hydrogens is 188 g/mol. The van der Waals surface area contributed by atoms with Gasteiger partial charge in [0.1, 0.15) is 0 Å². The highest BCUT2D eigenvalue weighted by Gasteiger charge is 2.13. The minimum absolute atomic E-state index is 0.181. The zero-order valence-corrected chi connectivity index (χ0v) is 8.30. The molecule has 0 aromatic carbocycles. The number of nitrogens with zero attached hydrogens (tertiary/aromatic N) is 2. The van der Waals surface area contributed by atoms with Crippen molar-refractivity contribution in [3.63, 3.8) is 0 Å². The first kappa shape index (κ1) is 9.85. The maximum atomic E-state index is 11.3. The minimum Gasteiger partial charge on any atom is -0.223 e. The van der Waals surface area contributed by atoms with Crippen molar-refractivity contribution in [2.45, 2.75) is 19.0 Å². The maximum Gasteiger partial charge on any atom is 0.251 e. The van der Waals surface area contributed by atoms with E-state index in [9.17, 15) is 8.42 Å². The first-order chi connectivity index (χ1) is 5.95. The van der Waals surface area contributed by atoms with E-state index >= 15 is 0 Å². The molecule has 13 heavy (non-hydrogen) atoms. The van der Waals surface area contributed by atoms with Gasteiger partial charge in [-0.15, -0.1) is 0 Å². The highest BCUT2D eigenvalue weighted by atomic mass is 32.2. The fourth-order valence-electron chi connectivity index (χ4n) is 0.895. The fraction of sp³-hybridized carbons (Fsp3) is 0.250. The second kappa shape index (κ2) is 3.26. The van der Waals surface area contributed by atoms with E-state index in [0.29, 0.717) is 11.4 Å². The molecule has 0 atom stereocenters. The van der Waals surface area contributed by atoms with Crippen molar-refractivity contribution in [3.05, 3.63) is 29.4 Å². The smallest absolute Gasteiger partial charge is 0.223 e. The lowest BCUT2D eigenvalue weighted by atomic mass is 10.4. The van der Waals surface area contributed by atoms with E-state index in [2.05, 4.69) is 16.5 Å². The first-order valence-electron chi connectivity index (χ1n) is 3.65. The average molecular weight is 198 g/mol. The Morgan fingerprint density at radius 2 is 1.77 bits per heavy atom. The van der Waals surface area contributed by atoms with Crippen LogP contribution in [0.2, 0.25) is 0 Å². The molecule has 4 nitrogen and oxygen atoms in total. The molecule has 0 saturated heterocycles. The quantitative estimate of drug-likeness (QED) is 0.665. The number of sulfone groups is 1. The van der Waals surface area contributed by atoms with Gasteiger partial charge in [0.2, 0.25) is 9.84 Å². The summed E-state index contributed by atoms with van der Waals surface area (Å²) in [6.07, 6.45) is 0. The summed E-state index contributed by atoms with van der Waals surface area (Å²) >= 11 is 0. The van der Waals surface area contributed by atoms with Gasteiger partial charge >= 0.3 is 0 Å². The van der Waals surface area contributed by atoms with Crippen molar-refractivity contribution in [2.75, 3.05) is 0 Å². The molecule has 0 N–H and O–H groups in total. The third-order valence-corrected chi connectivity index (χ3v) is 2.57. The molecule has 1 aromatic heterocycles. The van der Waals surface area contributed by atoms with Crippen LogP contribution in [0.25, 0.3) is 0 Å². The van der Waals surface area contributed by atoms with E-state index in [0.717, 1.165) is 5.41 Å². The Kier molecular flexibility index (Phi) is 2.47. The highest BCUT2D eigenvalue weighted by molar-refractivity contribution is 7.94. The number of rotatable bonds is 2. The Morgan fingerprint density at radius 1 is 1.31 bits per heavy atom. The largest absolute Gasteiger partial charge is 0.251 e. The summed E-state index contributed by atoms with van der Waals surface area (Å²) in [4.78, 5) is 7.61. The normalized spacial score (nSPS) is 11.2. The van der Waals surface area contributed by atoms with Gasteiger partial charge in [0.05, 0.1) is 0 Å². The van der Waals surface area contributed by atoms with E-state index in [4.69, 9.17) is 0 Å². The molecule has 0 fully saturated rings. The molecule has 0 bridgehead atoms. The third-order valence-electron chi connectivity index (χ3n) is 1.44. The van der Waals surface area contributed by atoms with Crippen molar-refractivity contribution >= 4 is 9.84 Å². The van der Waals surface area contributed by atoms with Crippen LogP contribution in [0, 0.1) is 13.8 Å². The van der Waals surface area contributed by atoms with E-state index in [1.165, 1.54) is 0 Å². The monoisotopic (exact) mass is 198 g/mol. The van der Waals surface area contributed by atoms with Gasteiger partial charge in [0.15, 0.2) is 0 Å². The van der Waals surface area contributed by atoms with Crippen LogP contribution in [0.4, 0.5) is 0 Å². The molecule has 1 heterocycles. The lowest BCUT2D eigenvalue weighted by molar-refractivity contribution is 0.594. The molecule has 70 valence electrons. The standard InChI is InChI=1S/C8H10N2O2S/c1-4-13(11,12)8-9-6(2)5-7(3)10-8/h4-5H,1H2,2-3H3. The molecular formula is C8H10N2O2S. The van der Waals surface area contributed by atoms with Gasteiger partial charge in [0.25, 0.3) is 5.16 Å². The van der Waals surface area contributed by atoms with Crippen molar-refractivity contribution in [3.8, 4) is 0 Å². The summed E-state index contributed by atoms with van der Waals surface area (Å²) < 4.78 is 22.5. The van der Waals surface area contributed by atoms with Crippen LogP contribution in [0.3, 0.4) is 0 Å². The minimum atomic E-state index is -3.50. The Hall–Kier alpha value is -1.23. The van der Waals surface area contributed by atoms with Crippen molar-refractivity contribution in [1.29, 1.82) is 0 Å². The lowest BCUT2D eigenvalue weighted by Crippen LogP contribution is -2.05. The molecule has 0 aliphatic rings. The molecule has 0 aliphatic heterocycles. The summed E-state index contributed by atoms with van der Waals surface area (Å²) in [6, 6.07) is 1.71. The molecule has 0 amide bonds. The van der Waals surface area contributed by atoms with Crippen molar-refractivity contribution < 1.29 is 8.42 Å². The molecule has 0 aliphatic carbocycles. The maximum absolute atomic E-state index is 11.3. The van der Waals surface area contributed by atoms with Gasteiger partial charge in [-0.2, -0.15) is 0 Å². The van der Waals surface area contributed by atoms with Crippen molar-refractivity contribution in [2.24, 2.45) is 0 Å². The molecule has 1 aromatic rings. The van der Waals surface area contributed by atoms with E-state index < -0.39 is 9.84 Å². The van der Waals surface area contributed by atoms with Crippen LogP contribution in [-0.2, 0) is 9.84 Å². The van der Waals surface area contributed by atoms with Crippen LogP contribution in [0.1, 0.15) is 11.4 Å². The SMILES string of the molecule is C=CS(=O)(=O)c1nc(C)cc(C)n1. The number of aryl methyl sites for hydroxylation is 2. The van der Waals surface area contributed by atoms with Crippen LogP contribution in [0.15, 0.2) is 23.2 Å². The zero-order valence-electron chi connectivity index (χ0n) is 7.48. The Morgan fingerprint density at radius 3 is 2.15 bits per heavy atom. The highest BCUT2D eigenvalue weighted by Crippen LogP contribution is 2.07. The van der Waals surface area contributed by atoms with Crippen molar-refractivity contribution in [1.82, 2.24) is 9.97 Å². The van der Waals surface area contributed by atoms with E-state index in [1.807, 2.05) is 0 Å². The topological polar surface area (TPSA) is 59.9 Å². The Labute approximate surface area is 77.3 Å². The molecule has 0 spiro atoms. The molecule has 5 heteroatoms. The fourth-order valence-corrected chi connectivity index (χ4v) is 1.59. The molecule has 0 saturated carbocycles. The predicted octanol–water partition coefficient (Wildman–Crippen LogP) is 1.01.